The van der Waals surface area contributed by atoms with Crippen molar-refractivity contribution >= 4 is 11.9 Å². The van der Waals surface area contributed by atoms with Crippen LogP contribution >= 0.6 is 0 Å². The van der Waals surface area contributed by atoms with Crippen LogP contribution < -0.4 is 0 Å². The van der Waals surface area contributed by atoms with Crippen LogP contribution in [0.15, 0.2) is 18.2 Å². The fourth-order valence-electron chi connectivity index (χ4n) is 3.51. The van der Waals surface area contributed by atoms with E-state index in [1.54, 1.807) is 4.90 Å². The predicted octanol–water partition coefficient (Wildman–Crippen LogP) is 2.70. The summed E-state index contributed by atoms with van der Waals surface area (Å²) in [7, 11) is 0. The summed E-state index contributed by atoms with van der Waals surface area (Å²) >= 11 is 0. The molecule has 1 saturated carbocycles. The first-order valence-electron chi connectivity index (χ1n) is 7.97. The molecule has 0 unspecified atom stereocenters. The lowest BCUT2D eigenvalue weighted by molar-refractivity contribution is -0.117. The second-order valence-corrected chi connectivity index (χ2v) is 6.32. The zero-order valence-corrected chi connectivity index (χ0v) is 12.9. The first-order chi connectivity index (χ1) is 11.0. The van der Waals surface area contributed by atoms with Gasteiger partial charge in [0, 0.05) is 6.54 Å². The Labute approximate surface area is 134 Å². The van der Waals surface area contributed by atoms with Crippen molar-refractivity contribution in [3.63, 3.8) is 0 Å². The highest BCUT2D eigenvalue weighted by Crippen LogP contribution is 2.34. The molecule has 1 aliphatic carbocycles. The maximum Gasteiger partial charge on any atom is 0.335 e. The third-order valence-corrected chi connectivity index (χ3v) is 4.75. The van der Waals surface area contributed by atoms with Gasteiger partial charge in [-0.2, -0.15) is 0 Å². The lowest BCUT2D eigenvalue weighted by Crippen LogP contribution is -2.54. The molecule has 1 aromatic carbocycles. The summed E-state index contributed by atoms with van der Waals surface area (Å²) in [6.07, 6.45) is 5.21. The van der Waals surface area contributed by atoms with Crippen LogP contribution in [0.5, 0.6) is 0 Å². The van der Waals surface area contributed by atoms with Crippen molar-refractivity contribution in [2.45, 2.75) is 37.7 Å². The molecule has 1 heterocycles. The minimum atomic E-state index is -1.21. The van der Waals surface area contributed by atoms with Gasteiger partial charge in [0.2, 0.25) is 0 Å². The maximum atomic E-state index is 14.1. The molecular formula is C17H20FNO4. The van der Waals surface area contributed by atoms with Crippen LogP contribution in [-0.2, 0) is 4.74 Å². The first-order valence-corrected chi connectivity index (χ1v) is 7.97. The number of rotatable bonds is 2. The van der Waals surface area contributed by atoms with Gasteiger partial charge in [-0.25, -0.2) is 9.18 Å². The van der Waals surface area contributed by atoms with Crippen LogP contribution in [0.1, 0.15) is 52.8 Å². The summed E-state index contributed by atoms with van der Waals surface area (Å²) in [5.74, 6) is -2.40. The number of benzene rings is 1. The average molecular weight is 321 g/mol. The summed E-state index contributed by atoms with van der Waals surface area (Å²) in [6.45, 7) is 1.37. The molecule has 6 heteroatoms. The maximum absolute atomic E-state index is 14.1. The monoisotopic (exact) mass is 321 g/mol. The van der Waals surface area contributed by atoms with Gasteiger partial charge in [-0.3, -0.25) is 4.79 Å². The number of ether oxygens (including phenoxy) is 1. The lowest BCUT2D eigenvalue weighted by Gasteiger charge is -2.45. The predicted molar refractivity (Wildman–Crippen MR) is 81.0 cm³/mol. The van der Waals surface area contributed by atoms with Crippen molar-refractivity contribution in [1.29, 1.82) is 0 Å². The number of morpholine rings is 1. The number of carboxylic acids is 1. The van der Waals surface area contributed by atoms with E-state index in [1.807, 2.05) is 0 Å². The first kappa shape index (κ1) is 15.9. The molecule has 0 bridgehead atoms. The standard InChI is InChI=1S/C17H20FNO4/c18-14-10-12(16(21)22)4-5-13(14)15(20)19-8-9-23-17(11-19)6-2-1-3-7-17/h4-5,10H,1-3,6-9,11H2,(H,21,22). The molecule has 5 nitrogen and oxygen atoms in total. The fourth-order valence-corrected chi connectivity index (χ4v) is 3.51. The van der Waals surface area contributed by atoms with E-state index in [0.29, 0.717) is 19.7 Å². The van der Waals surface area contributed by atoms with E-state index < -0.39 is 17.7 Å². The molecule has 0 atom stereocenters. The summed E-state index contributed by atoms with van der Waals surface area (Å²) in [4.78, 5) is 25.1. The molecule has 1 saturated heterocycles. The van der Waals surface area contributed by atoms with Crippen LogP contribution in [0.2, 0.25) is 0 Å². The van der Waals surface area contributed by atoms with Gasteiger partial charge in [-0.15, -0.1) is 0 Å². The molecule has 2 aliphatic rings. The zero-order chi connectivity index (χ0) is 16.4. The second kappa shape index (κ2) is 6.28. The number of carbonyl (C=O) groups is 2. The Hall–Kier alpha value is -1.95. The van der Waals surface area contributed by atoms with E-state index in [-0.39, 0.29) is 16.7 Å². The van der Waals surface area contributed by atoms with E-state index in [0.717, 1.165) is 31.7 Å². The Kier molecular flexibility index (Phi) is 4.35. The van der Waals surface area contributed by atoms with Gasteiger partial charge in [0.15, 0.2) is 0 Å². The quantitative estimate of drug-likeness (QED) is 0.909. The van der Waals surface area contributed by atoms with Crippen molar-refractivity contribution in [1.82, 2.24) is 4.90 Å². The molecule has 1 N–H and O–H groups in total. The zero-order valence-electron chi connectivity index (χ0n) is 12.9. The molecule has 124 valence electrons. The number of nitrogens with zero attached hydrogens (tertiary/aromatic N) is 1. The molecule has 1 amide bonds. The molecule has 1 aliphatic heterocycles. The molecule has 1 aromatic rings. The van der Waals surface area contributed by atoms with Crippen molar-refractivity contribution in [3.05, 3.63) is 35.1 Å². The second-order valence-electron chi connectivity index (χ2n) is 6.32. The number of amides is 1. The van der Waals surface area contributed by atoms with Gasteiger partial charge in [-0.05, 0) is 31.0 Å². The number of carboxylic acid groups (broad SMARTS) is 1. The van der Waals surface area contributed by atoms with Crippen molar-refractivity contribution in [3.8, 4) is 0 Å². The Morgan fingerprint density at radius 1 is 1.22 bits per heavy atom. The van der Waals surface area contributed by atoms with Crippen LogP contribution in [0, 0.1) is 5.82 Å². The molecule has 3 rings (SSSR count). The highest BCUT2D eigenvalue weighted by molar-refractivity contribution is 5.96. The van der Waals surface area contributed by atoms with E-state index in [2.05, 4.69) is 0 Å². The number of hydrogen-bond donors (Lipinski definition) is 1. The third-order valence-electron chi connectivity index (χ3n) is 4.75. The van der Waals surface area contributed by atoms with E-state index in [9.17, 15) is 14.0 Å². The Balaban J connectivity index is 1.78. The van der Waals surface area contributed by atoms with E-state index in [1.165, 1.54) is 18.6 Å². The van der Waals surface area contributed by atoms with Gasteiger partial charge in [0.1, 0.15) is 5.82 Å². The molecule has 2 fully saturated rings. The highest BCUT2D eigenvalue weighted by Gasteiger charge is 2.39. The topological polar surface area (TPSA) is 66.8 Å². The summed E-state index contributed by atoms with van der Waals surface area (Å²) < 4.78 is 20.0. The number of aromatic carboxylic acids is 1. The van der Waals surface area contributed by atoms with Gasteiger partial charge < -0.3 is 14.7 Å². The minimum absolute atomic E-state index is 0.0807. The van der Waals surface area contributed by atoms with Crippen LogP contribution in [0.3, 0.4) is 0 Å². The smallest absolute Gasteiger partial charge is 0.335 e. The fraction of sp³-hybridized carbons (Fsp3) is 0.529. The van der Waals surface area contributed by atoms with Crippen LogP contribution in [0.25, 0.3) is 0 Å². The van der Waals surface area contributed by atoms with Gasteiger partial charge >= 0.3 is 5.97 Å². The Bertz CT molecular complexity index is 620. The highest BCUT2D eigenvalue weighted by atomic mass is 19.1. The molecular weight excluding hydrogens is 301 g/mol. The number of halogens is 1. The summed E-state index contributed by atoms with van der Waals surface area (Å²) in [5, 5.41) is 8.87. The average Bonchev–Trinajstić information content (AvgIpc) is 2.55. The van der Waals surface area contributed by atoms with E-state index in [4.69, 9.17) is 9.84 Å². The van der Waals surface area contributed by atoms with Gasteiger partial charge in [0.05, 0.1) is 29.9 Å². The Morgan fingerprint density at radius 2 is 1.96 bits per heavy atom. The van der Waals surface area contributed by atoms with Crippen molar-refractivity contribution < 1.29 is 23.8 Å². The van der Waals surface area contributed by atoms with E-state index >= 15 is 0 Å². The minimum Gasteiger partial charge on any atom is -0.478 e. The molecule has 0 aromatic heterocycles. The normalized spacial score (nSPS) is 20.5. The third kappa shape index (κ3) is 3.22. The summed E-state index contributed by atoms with van der Waals surface area (Å²) in [5.41, 5.74) is -0.531. The van der Waals surface area contributed by atoms with Crippen LogP contribution in [0.4, 0.5) is 4.39 Å². The lowest BCUT2D eigenvalue weighted by atomic mass is 9.83. The van der Waals surface area contributed by atoms with Crippen molar-refractivity contribution in [2.75, 3.05) is 19.7 Å². The van der Waals surface area contributed by atoms with Gasteiger partial charge in [0.25, 0.3) is 5.91 Å². The Morgan fingerprint density at radius 3 is 2.61 bits per heavy atom. The SMILES string of the molecule is O=C(O)c1ccc(C(=O)N2CCOC3(CCCCC3)C2)c(F)c1. The molecule has 23 heavy (non-hydrogen) atoms. The molecule has 1 spiro atoms. The largest absolute Gasteiger partial charge is 0.478 e. The van der Waals surface area contributed by atoms with Gasteiger partial charge in [-0.1, -0.05) is 19.3 Å². The number of hydrogen-bond acceptors (Lipinski definition) is 3. The van der Waals surface area contributed by atoms with Crippen molar-refractivity contribution in [2.24, 2.45) is 0 Å². The molecule has 0 radical (unpaired) electrons. The van der Waals surface area contributed by atoms with Crippen LogP contribution in [-0.4, -0.2) is 47.2 Å². The number of carbonyl (C=O) groups excluding carboxylic acids is 1. The summed E-state index contributed by atoms with van der Waals surface area (Å²) in [6, 6.07) is 3.41.